The van der Waals surface area contributed by atoms with Gasteiger partial charge >= 0.3 is 0 Å². The van der Waals surface area contributed by atoms with Crippen LogP contribution in [0.5, 0.6) is 0 Å². The van der Waals surface area contributed by atoms with Crippen LogP contribution in [0.2, 0.25) is 0 Å². The Kier molecular flexibility index (Phi) is 4.58. The minimum absolute atomic E-state index is 0.240. The maximum absolute atomic E-state index is 9.89. The Morgan fingerprint density at radius 3 is 2.94 bits per heavy atom. The molecule has 2 aliphatic rings. The van der Waals surface area contributed by atoms with Gasteiger partial charge in [0.25, 0.3) is 0 Å². The molecule has 1 heterocycles. The van der Waals surface area contributed by atoms with Crippen molar-refractivity contribution in [3.05, 3.63) is 0 Å². The van der Waals surface area contributed by atoms with Crippen LogP contribution in [-0.4, -0.2) is 61.5 Å². The van der Waals surface area contributed by atoms with E-state index in [4.69, 9.17) is 4.74 Å². The van der Waals surface area contributed by atoms with Gasteiger partial charge in [0.15, 0.2) is 0 Å². The number of piperidine rings is 1. The highest BCUT2D eigenvalue weighted by Crippen LogP contribution is 2.18. The highest BCUT2D eigenvalue weighted by atomic mass is 16.5. The average Bonchev–Trinajstić information content (AvgIpc) is 3.10. The molecular weight excluding hydrogens is 204 g/mol. The van der Waals surface area contributed by atoms with E-state index in [-0.39, 0.29) is 6.10 Å². The van der Waals surface area contributed by atoms with Crippen LogP contribution in [0.25, 0.3) is 0 Å². The monoisotopic (exact) mass is 228 g/mol. The lowest BCUT2D eigenvalue weighted by Gasteiger charge is -2.33. The Morgan fingerprint density at radius 1 is 1.44 bits per heavy atom. The summed E-state index contributed by atoms with van der Waals surface area (Å²) in [6.45, 7) is 3.58. The highest BCUT2D eigenvalue weighted by Gasteiger charge is 2.24. The number of aliphatic hydroxyl groups is 1. The molecular formula is C12H24N2O2. The average molecular weight is 228 g/mol. The zero-order valence-corrected chi connectivity index (χ0v) is 10.2. The molecule has 0 spiro atoms. The normalized spacial score (nSPS) is 29.2. The van der Waals surface area contributed by atoms with Crippen molar-refractivity contribution in [2.75, 3.05) is 33.3 Å². The summed E-state index contributed by atoms with van der Waals surface area (Å²) in [5.74, 6) is 0. The van der Waals surface area contributed by atoms with E-state index in [2.05, 4.69) is 10.2 Å². The van der Waals surface area contributed by atoms with Gasteiger partial charge in [-0.3, -0.25) is 4.90 Å². The van der Waals surface area contributed by atoms with Gasteiger partial charge in [0.05, 0.1) is 12.2 Å². The fourth-order valence-electron chi connectivity index (χ4n) is 2.32. The number of β-amino-alcohol motifs (C(OH)–C–C–N with tert-alkyl or cyclic N) is 1. The standard InChI is InChI=1S/C12H24N2O2/c1-16-12-3-2-6-14(9-12)8-11(15)7-13-10-4-5-10/h10-13,15H,2-9H2,1H3. The van der Waals surface area contributed by atoms with Crippen molar-refractivity contribution in [2.24, 2.45) is 0 Å². The van der Waals surface area contributed by atoms with Crippen LogP contribution >= 0.6 is 0 Å². The summed E-state index contributed by atoms with van der Waals surface area (Å²) in [4.78, 5) is 2.32. The molecule has 0 bridgehead atoms. The molecule has 1 saturated carbocycles. The van der Waals surface area contributed by atoms with E-state index in [0.29, 0.717) is 12.1 Å². The number of hydrogen-bond acceptors (Lipinski definition) is 4. The topological polar surface area (TPSA) is 44.7 Å². The number of rotatable bonds is 6. The van der Waals surface area contributed by atoms with Gasteiger partial charge in [-0.1, -0.05) is 0 Å². The first kappa shape index (κ1) is 12.3. The molecule has 1 aliphatic carbocycles. The fourth-order valence-corrected chi connectivity index (χ4v) is 2.32. The van der Waals surface area contributed by atoms with Crippen molar-refractivity contribution in [2.45, 2.75) is 43.9 Å². The fraction of sp³-hybridized carbons (Fsp3) is 1.00. The number of nitrogens with zero attached hydrogens (tertiary/aromatic N) is 1. The molecule has 0 radical (unpaired) electrons. The molecule has 1 saturated heterocycles. The Morgan fingerprint density at radius 2 is 2.25 bits per heavy atom. The second-order valence-electron chi connectivity index (χ2n) is 5.10. The van der Waals surface area contributed by atoms with Crippen LogP contribution in [0, 0.1) is 0 Å². The lowest BCUT2D eigenvalue weighted by molar-refractivity contribution is 0.0132. The molecule has 16 heavy (non-hydrogen) atoms. The van der Waals surface area contributed by atoms with Crippen LogP contribution in [0.15, 0.2) is 0 Å². The minimum atomic E-state index is -0.240. The van der Waals surface area contributed by atoms with E-state index in [1.165, 1.54) is 19.3 Å². The molecule has 2 atom stereocenters. The van der Waals surface area contributed by atoms with E-state index in [9.17, 15) is 5.11 Å². The highest BCUT2D eigenvalue weighted by molar-refractivity contribution is 4.83. The Labute approximate surface area is 98.0 Å². The van der Waals surface area contributed by atoms with E-state index in [0.717, 1.165) is 32.6 Å². The van der Waals surface area contributed by atoms with Crippen LogP contribution in [0.1, 0.15) is 25.7 Å². The Hall–Kier alpha value is -0.160. The van der Waals surface area contributed by atoms with Crippen LogP contribution in [0.3, 0.4) is 0 Å². The van der Waals surface area contributed by atoms with Gasteiger partial charge < -0.3 is 15.2 Å². The van der Waals surface area contributed by atoms with E-state index >= 15 is 0 Å². The molecule has 2 unspecified atom stereocenters. The third-order valence-electron chi connectivity index (χ3n) is 3.48. The largest absolute Gasteiger partial charge is 0.390 e. The van der Waals surface area contributed by atoms with Crippen molar-refractivity contribution >= 4 is 0 Å². The summed E-state index contributed by atoms with van der Waals surface area (Å²) in [7, 11) is 1.78. The van der Waals surface area contributed by atoms with Crippen LogP contribution < -0.4 is 5.32 Å². The third-order valence-corrected chi connectivity index (χ3v) is 3.48. The van der Waals surface area contributed by atoms with Crippen molar-refractivity contribution in [1.82, 2.24) is 10.2 Å². The minimum Gasteiger partial charge on any atom is -0.390 e. The van der Waals surface area contributed by atoms with Crippen LogP contribution in [-0.2, 0) is 4.74 Å². The SMILES string of the molecule is COC1CCCN(CC(O)CNC2CC2)C1. The van der Waals surface area contributed by atoms with Gasteiger partial charge in [0, 0.05) is 32.8 Å². The van der Waals surface area contributed by atoms with Gasteiger partial charge in [-0.15, -0.1) is 0 Å². The van der Waals surface area contributed by atoms with Gasteiger partial charge in [-0.2, -0.15) is 0 Å². The smallest absolute Gasteiger partial charge is 0.0791 e. The molecule has 4 nitrogen and oxygen atoms in total. The van der Waals surface area contributed by atoms with E-state index < -0.39 is 0 Å². The van der Waals surface area contributed by atoms with E-state index in [1.54, 1.807) is 7.11 Å². The molecule has 1 aliphatic heterocycles. The first-order valence-electron chi connectivity index (χ1n) is 6.44. The number of ether oxygens (including phenoxy) is 1. The van der Waals surface area contributed by atoms with Crippen LogP contribution in [0.4, 0.5) is 0 Å². The third kappa shape index (κ3) is 4.01. The first-order valence-corrected chi connectivity index (χ1v) is 6.44. The number of likely N-dealkylation sites (tertiary alicyclic amines) is 1. The molecule has 0 aromatic carbocycles. The summed E-state index contributed by atoms with van der Waals surface area (Å²) in [5, 5.41) is 13.3. The summed E-state index contributed by atoms with van der Waals surface area (Å²) in [5.41, 5.74) is 0. The van der Waals surface area contributed by atoms with Gasteiger partial charge in [-0.25, -0.2) is 0 Å². The number of methoxy groups -OCH3 is 1. The zero-order chi connectivity index (χ0) is 11.4. The Bertz CT molecular complexity index is 209. The maximum atomic E-state index is 9.89. The Balaban J connectivity index is 1.62. The quantitative estimate of drug-likeness (QED) is 0.682. The van der Waals surface area contributed by atoms with Crippen molar-refractivity contribution < 1.29 is 9.84 Å². The lowest BCUT2D eigenvalue weighted by atomic mass is 10.1. The number of nitrogens with one attached hydrogen (secondary N) is 1. The molecule has 94 valence electrons. The second kappa shape index (κ2) is 5.96. The molecule has 0 aromatic rings. The second-order valence-corrected chi connectivity index (χ2v) is 5.10. The summed E-state index contributed by atoms with van der Waals surface area (Å²) < 4.78 is 5.37. The van der Waals surface area contributed by atoms with Gasteiger partial charge in [-0.05, 0) is 32.2 Å². The van der Waals surface area contributed by atoms with E-state index in [1.807, 2.05) is 0 Å². The molecule has 0 aromatic heterocycles. The van der Waals surface area contributed by atoms with Gasteiger partial charge in [0.1, 0.15) is 0 Å². The molecule has 4 heteroatoms. The summed E-state index contributed by atoms with van der Waals surface area (Å²) in [6.07, 6.45) is 5.02. The van der Waals surface area contributed by atoms with Crippen molar-refractivity contribution in [3.63, 3.8) is 0 Å². The predicted molar refractivity (Wildman–Crippen MR) is 63.5 cm³/mol. The summed E-state index contributed by atoms with van der Waals surface area (Å²) in [6, 6.07) is 0.683. The number of hydrogen-bond donors (Lipinski definition) is 2. The molecule has 2 N–H and O–H groups in total. The molecule has 0 amide bonds. The lowest BCUT2D eigenvalue weighted by Crippen LogP contribution is -2.45. The van der Waals surface area contributed by atoms with Crippen molar-refractivity contribution in [1.29, 1.82) is 0 Å². The zero-order valence-electron chi connectivity index (χ0n) is 10.2. The predicted octanol–water partition coefficient (Wildman–Crippen LogP) is 0.210. The summed E-state index contributed by atoms with van der Waals surface area (Å²) >= 11 is 0. The first-order chi connectivity index (χ1) is 7.78. The maximum Gasteiger partial charge on any atom is 0.0791 e. The van der Waals surface area contributed by atoms with Gasteiger partial charge in [0.2, 0.25) is 0 Å². The molecule has 2 rings (SSSR count). The molecule has 2 fully saturated rings. The number of aliphatic hydroxyl groups excluding tert-OH is 1. The van der Waals surface area contributed by atoms with Crippen molar-refractivity contribution in [3.8, 4) is 0 Å².